The van der Waals surface area contributed by atoms with Crippen LogP contribution in [0.2, 0.25) is 0 Å². The number of aryl methyl sites for hydroxylation is 1. The number of urea groups is 1. The lowest BCUT2D eigenvalue weighted by Crippen LogP contribution is -2.26. The third kappa shape index (κ3) is 3.74. The van der Waals surface area contributed by atoms with Crippen LogP contribution < -0.4 is 16.2 Å². The Labute approximate surface area is 151 Å². The van der Waals surface area contributed by atoms with Crippen molar-refractivity contribution in [2.24, 2.45) is 5.92 Å². The molecule has 2 N–H and O–H groups in total. The number of nitrogens with one attached hydrogen (secondary N) is 2. The molecule has 2 amide bonds. The first-order valence-corrected chi connectivity index (χ1v) is 8.57. The third-order valence-corrected chi connectivity index (χ3v) is 4.04. The third-order valence-electron chi connectivity index (χ3n) is 4.04. The molecule has 2 aromatic heterocycles. The molecule has 3 aromatic rings. The van der Waals surface area contributed by atoms with Crippen LogP contribution in [-0.4, -0.2) is 15.6 Å². The summed E-state index contributed by atoms with van der Waals surface area (Å²) < 4.78 is 1.65. The molecular weight excluding hydrogens is 328 g/mol. The van der Waals surface area contributed by atoms with E-state index in [1.807, 2.05) is 51.1 Å². The average Bonchev–Trinajstić information content (AvgIpc) is 2.60. The van der Waals surface area contributed by atoms with Gasteiger partial charge in [0.1, 0.15) is 5.82 Å². The standard InChI is InChI=1S/C20H22N4O2/c1-13(2)11-24-12-17(15-8-4-5-9-16(15)19(24)25)22-20(26)23-18-14(3)7-6-10-21-18/h4-10,12-13H,11H2,1-3H3,(H2,21,22,23,26). The molecule has 26 heavy (non-hydrogen) atoms. The first kappa shape index (κ1) is 17.7. The summed E-state index contributed by atoms with van der Waals surface area (Å²) in [7, 11) is 0. The van der Waals surface area contributed by atoms with Crippen molar-refractivity contribution >= 4 is 28.3 Å². The molecule has 0 saturated heterocycles. The van der Waals surface area contributed by atoms with Gasteiger partial charge in [-0.2, -0.15) is 0 Å². The maximum absolute atomic E-state index is 12.7. The van der Waals surface area contributed by atoms with Crippen molar-refractivity contribution in [2.45, 2.75) is 27.3 Å². The van der Waals surface area contributed by atoms with Crippen molar-refractivity contribution in [1.29, 1.82) is 0 Å². The van der Waals surface area contributed by atoms with Gasteiger partial charge in [0.25, 0.3) is 5.56 Å². The van der Waals surface area contributed by atoms with E-state index in [2.05, 4.69) is 15.6 Å². The van der Waals surface area contributed by atoms with Crippen LogP contribution in [0.15, 0.2) is 53.6 Å². The molecule has 6 heteroatoms. The second kappa shape index (κ2) is 7.39. The number of anilines is 2. The first-order chi connectivity index (χ1) is 12.5. The summed E-state index contributed by atoms with van der Waals surface area (Å²) in [6.07, 6.45) is 3.33. The van der Waals surface area contributed by atoms with E-state index in [9.17, 15) is 9.59 Å². The Bertz CT molecular complexity index is 1010. The Morgan fingerprint density at radius 1 is 1.12 bits per heavy atom. The molecular formula is C20H22N4O2. The number of carbonyl (C=O) groups is 1. The number of pyridine rings is 2. The molecule has 134 valence electrons. The fraction of sp³-hybridized carbons (Fsp3) is 0.250. The number of fused-ring (bicyclic) bond motifs is 1. The minimum Gasteiger partial charge on any atom is -0.313 e. The Morgan fingerprint density at radius 3 is 2.54 bits per heavy atom. The van der Waals surface area contributed by atoms with Crippen molar-refractivity contribution in [3.63, 3.8) is 0 Å². The Morgan fingerprint density at radius 2 is 1.85 bits per heavy atom. The van der Waals surface area contributed by atoms with E-state index < -0.39 is 6.03 Å². The van der Waals surface area contributed by atoms with E-state index >= 15 is 0 Å². The van der Waals surface area contributed by atoms with Crippen molar-refractivity contribution in [2.75, 3.05) is 10.6 Å². The molecule has 0 aliphatic carbocycles. The van der Waals surface area contributed by atoms with Crippen molar-refractivity contribution in [3.05, 3.63) is 64.7 Å². The molecule has 0 aliphatic heterocycles. The zero-order chi connectivity index (χ0) is 18.7. The highest BCUT2D eigenvalue weighted by Gasteiger charge is 2.12. The van der Waals surface area contributed by atoms with Gasteiger partial charge in [-0.25, -0.2) is 9.78 Å². The number of carbonyl (C=O) groups excluding carboxylic acids is 1. The fourth-order valence-corrected chi connectivity index (χ4v) is 2.85. The molecule has 0 aliphatic rings. The van der Waals surface area contributed by atoms with Crippen LogP contribution in [0.5, 0.6) is 0 Å². The van der Waals surface area contributed by atoms with Crippen molar-refractivity contribution < 1.29 is 4.79 Å². The minimum absolute atomic E-state index is 0.0548. The van der Waals surface area contributed by atoms with E-state index in [1.54, 1.807) is 23.0 Å². The number of aromatic nitrogens is 2. The van der Waals surface area contributed by atoms with E-state index in [-0.39, 0.29) is 5.56 Å². The van der Waals surface area contributed by atoms with Crippen LogP contribution in [0.4, 0.5) is 16.3 Å². The quantitative estimate of drug-likeness (QED) is 0.746. The van der Waals surface area contributed by atoms with Gasteiger partial charge in [0.15, 0.2) is 0 Å². The van der Waals surface area contributed by atoms with Crippen LogP contribution in [-0.2, 0) is 6.54 Å². The summed E-state index contributed by atoms with van der Waals surface area (Å²) in [5.74, 6) is 0.816. The van der Waals surface area contributed by atoms with Gasteiger partial charge in [0.2, 0.25) is 0 Å². The largest absolute Gasteiger partial charge is 0.324 e. The smallest absolute Gasteiger partial charge is 0.313 e. The van der Waals surface area contributed by atoms with Crippen LogP contribution in [0.1, 0.15) is 19.4 Å². The lowest BCUT2D eigenvalue weighted by molar-refractivity contribution is 0.262. The zero-order valence-corrected chi connectivity index (χ0v) is 15.1. The molecule has 0 spiro atoms. The number of hydrogen-bond acceptors (Lipinski definition) is 3. The predicted octanol–water partition coefficient (Wildman–Crippen LogP) is 4.00. The highest BCUT2D eigenvalue weighted by molar-refractivity contribution is 6.05. The molecule has 0 fully saturated rings. The summed E-state index contributed by atoms with van der Waals surface area (Å²) >= 11 is 0. The highest BCUT2D eigenvalue weighted by Crippen LogP contribution is 2.21. The number of rotatable bonds is 4. The Hall–Kier alpha value is -3.15. The van der Waals surface area contributed by atoms with Gasteiger partial charge in [-0.15, -0.1) is 0 Å². The van der Waals surface area contributed by atoms with Crippen molar-refractivity contribution in [3.8, 4) is 0 Å². The Balaban J connectivity index is 1.96. The average molecular weight is 350 g/mol. The molecule has 0 unspecified atom stereocenters. The number of amides is 2. The molecule has 0 bridgehead atoms. The lowest BCUT2D eigenvalue weighted by atomic mass is 10.1. The zero-order valence-electron chi connectivity index (χ0n) is 15.1. The van der Waals surface area contributed by atoms with Crippen LogP contribution in [0.3, 0.4) is 0 Å². The topological polar surface area (TPSA) is 76.0 Å². The van der Waals surface area contributed by atoms with Gasteiger partial charge < -0.3 is 9.88 Å². The lowest BCUT2D eigenvalue weighted by Gasteiger charge is -2.15. The molecule has 1 aromatic carbocycles. The fourth-order valence-electron chi connectivity index (χ4n) is 2.85. The second-order valence-corrected chi connectivity index (χ2v) is 6.69. The van der Waals surface area contributed by atoms with Crippen molar-refractivity contribution in [1.82, 2.24) is 9.55 Å². The predicted molar refractivity (Wildman–Crippen MR) is 105 cm³/mol. The summed E-state index contributed by atoms with van der Waals surface area (Å²) in [6, 6.07) is 10.6. The molecule has 0 radical (unpaired) electrons. The molecule has 2 heterocycles. The molecule has 0 saturated carbocycles. The van der Waals surface area contributed by atoms with Gasteiger partial charge in [-0.05, 0) is 30.5 Å². The Kier molecular flexibility index (Phi) is 5.02. The van der Waals surface area contributed by atoms with E-state index in [0.29, 0.717) is 34.7 Å². The second-order valence-electron chi connectivity index (χ2n) is 6.69. The SMILES string of the molecule is Cc1cccnc1NC(=O)Nc1cn(CC(C)C)c(=O)c2ccccc12. The molecule has 3 rings (SSSR count). The van der Waals surface area contributed by atoms with Gasteiger partial charge >= 0.3 is 6.03 Å². The summed E-state index contributed by atoms with van der Waals surface area (Å²) in [6.45, 7) is 6.55. The van der Waals surface area contributed by atoms with Gasteiger partial charge in [-0.3, -0.25) is 10.1 Å². The summed E-state index contributed by atoms with van der Waals surface area (Å²) in [4.78, 5) is 29.3. The minimum atomic E-state index is -0.397. The van der Waals surface area contributed by atoms with E-state index in [0.717, 1.165) is 5.56 Å². The van der Waals surface area contributed by atoms with Gasteiger partial charge in [0, 0.05) is 29.7 Å². The van der Waals surface area contributed by atoms with Crippen LogP contribution >= 0.6 is 0 Å². The maximum atomic E-state index is 12.7. The summed E-state index contributed by atoms with van der Waals surface area (Å²) in [5.41, 5.74) is 1.41. The van der Waals surface area contributed by atoms with E-state index in [1.165, 1.54) is 0 Å². The van der Waals surface area contributed by atoms with Crippen LogP contribution in [0.25, 0.3) is 10.8 Å². The normalized spacial score (nSPS) is 10.9. The number of benzene rings is 1. The maximum Gasteiger partial charge on any atom is 0.324 e. The molecule has 6 nitrogen and oxygen atoms in total. The highest BCUT2D eigenvalue weighted by atomic mass is 16.2. The monoisotopic (exact) mass is 350 g/mol. The van der Waals surface area contributed by atoms with Crippen LogP contribution in [0, 0.1) is 12.8 Å². The summed E-state index contributed by atoms with van der Waals surface area (Å²) in [5, 5.41) is 6.90. The number of nitrogens with zero attached hydrogens (tertiary/aromatic N) is 2. The van der Waals surface area contributed by atoms with Gasteiger partial charge in [0.05, 0.1) is 5.69 Å². The van der Waals surface area contributed by atoms with Gasteiger partial charge in [-0.1, -0.05) is 38.1 Å². The number of hydrogen-bond donors (Lipinski definition) is 2. The van der Waals surface area contributed by atoms with E-state index in [4.69, 9.17) is 0 Å². The first-order valence-electron chi connectivity index (χ1n) is 8.57. The molecule has 0 atom stereocenters.